The van der Waals surface area contributed by atoms with Gasteiger partial charge in [-0.05, 0) is 37.3 Å². The average Bonchev–Trinajstić information content (AvgIpc) is 2.76. The van der Waals surface area contributed by atoms with E-state index in [-0.39, 0.29) is 18.9 Å². The van der Waals surface area contributed by atoms with Crippen LogP contribution in [0.5, 0.6) is 17.2 Å². The third kappa shape index (κ3) is 5.06. The first-order valence-corrected chi connectivity index (χ1v) is 9.27. The Morgan fingerprint density at radius 1 is 0.931 bits per heavy atom. The van der Waals surface area contributed by atoms with Crippen molar-refractivity contribution < 1.29 is 28.5 Å². The van der Waals surface area contributed by atoms with Gasteiger partial charge in [0.05, 0.1) is 27.9 Å². The van der Waals surface area contributed by atoms with Gasteiger partial charge in [0.2, 0.25) is 0 Å². The normalized spacial score (nSPS) is 12.6. The molecule has 0 saturated heterocycles. The highest BCUT2D eigenvalue weighted by Gasteiger charge is 2.38. The molecule has 0 fully saturated rings. The quantitative estimate of drug-likeness (QED) is 0.371. The minimum absolute atomic E-state index is 0.0497. The SMILES string of the molecule is CCOC(=O)C(C(=O)c1ccc(OC)cc1)C(CN)c1ccc(OC)cc1OC. The fourth-order valence-electron chi connectivity index (χ4n) is 3.19. The molecule has 2 aromatic rings. The molecular formula is C22H27NO6. The molecule has 0 bridgehead atoms. The fraction of sp³-hybridized carbons (Fsp3) is 0.364. The number of rotatable bonds is 10. The van der Waals surface area contributed by atoms with Crippen molar-refractivity contribution in [2.75, 3.05) is 34.5 Å². The molecule has 0 amide bonds. The van der Waals surface area contributed by atoms with E-state index in [1.807, 2.05) is 0 Å². The smallest absolute Gasteiger partial charge is 0.317 e. The highest BCUT2D eigenvalue weighted by atomic mass is 16.5. The highest BCUT2D eigenvalue weighted by molar-refractivity contribution is 6.09. The van der Waals surface area contributed by atoms with Crippen molar-refractivity contribution in [3.63, 3.8) is 0 Å². The van der Waals surface area contributed by atoms with Gasteiger partial charge in [0.15, 0.2) is 5.78 Å². The minimum Gasteiger partial charge on any atom is -0.497 e. The number of ketones is 1. The van der Waals surface area contributed by atoms with Crippen LogP contribution >= 0.6 is 0 Å². The van der Waals surface area contributed by atoms with Crippen molar-refractivity contribution in [1.29, 1.82) is 0 Å². The summed E-state index contributed by atoms with van der Waals surface area (Å²) in [5.41, 5.74) is 7.03. The number of nitrogens with two attached hydrogens (primary N) is 1. The summed E-state index contributed by atoms with van der Waals surface area (Å²) in [6, 6.07) is 11.8. The van der Waals surface area contributed by atoms with Crippen LogP contribution < -0.4 is 19.9 Å². The van der Waals surface area contributed by atoms with Gasteiger partial charge in [-0.2, -0.15) is 0 Å². The second-order valence-corrected chi connectivity index (χ2v) is 6.27. The standard InChI is InChI=1S/C22H27NO6/c1-5-29-22(25)20(21(24)14-6-8-15(26-2)9-7-14)18(13-23)17-11-10-16(27-3)12-19(17)28-4/h6-12,18,20H,5,13,23H2,1-4H3. The predicted molar refractivity (Wildman–Crippen MR) is 109 cm³/mol. The maximum atomic E-state index is 13.3. The average molecular weight is 401 g/mol. The molecule has 7 heteroatoms. The lowest BCUT2D eigenvalue weighted by atomic mass is 9.80. The molecule has 0 spiro atoms. The Kier molecular flexibility index (Phi) is 8.03. The topological polar surface area (TPSA) is 97.1 Å². The second-order valence-electron chi connectivity index (χ2n) is 6.27. The Labute approximate surface area is 170 Å². The second kappa shape index (κ2) is 10.5. The molecule has 2 atom stereocenters. The van der Waals surface area contributed by atoms with Crippen LogP contribution in [0.1, 0.15) is 28.8 Å². The van der Waals surface area contributed by atoms with Crippen molar-refractivity contribution in [3.8, 4) is 17.2 Å². The number of Topliss-reactive ketones (excluding diaryl/α,β-unsaturated/α-hetero) is 1. The molecule has 2 aromatic carbocycles. The summed E-state index contributed by atoms with van der Waals surface area (Å²) in [5, 5.41) is 0. The van der Waals surface area contributed by atoms with Crippen LogP contribution in [0.4, 0.5) is 0 Å². The molecule has 29 heavy (non-hydrogen) atoms. The lowest BCUT2D eigenvalue weighted by Crippen LogP contribution is -2.35. The molecule has 0 radical (unpaired) electrons. The predicted octanol–water partition coefficient (Wildman–Crippen LogP) is 2.82. The zero-order valence-electron chi connectivity index (χ0n) is 17.1. The zero-order chi connectivity index (χ0) is 21.4. The molecule has 0 aliphatic rings. The number of benzene rings is 2. The summed E-state index contributed by atoms with van der Waals surface area (Å²) in [6.45, 7) is 1.90. The summed E-state index contributed by atoms with van der Waals surface area (Å²) in [5.74, 6) is -1.06. The summed E-state index contributed by atoms with van der Waals surface area (Å²) in [6.07, 6.45) is 0. The summed E-state index contributed by atoms with van der Waals surface area (Å²) >= 11 is 0. The van der Waals surface area contributed by atoms with Gasteiger partial charge in [-0.25, -0.2) is 0 Å². The Balaban J connectivity index is 2.51. The number of carbonyl (C=O) groups excluding carboxylic acids is 2. The van der Waals surface area contributed by atoms with Crippen LogP contribution in [0, 0.1) is 5.92 Å². The van der Waals surface area contributed by atoms with E-state index in [9.17, 15) is 9.59 Å². The number of methoxy groups -OCH3 is 3. The van der Waals surface area contributed by atoms with Crippen molar-refractivity contribution in [1.82, 2.24) is 0 Å². The van der Waals surface area contributed by atoms with Gasteiger partial charge in [0.1, 0.15) is 23.2 Å². The van der Waals surface area contributed by atoms with Crippen LogP contribution in [0.15, 0.2) is 42.5 Å². The van der Waals surface area contributed by atoms with E-state index >= 15 is 0 Å². The molecule has 2 unspecified atom stereocenters. The van der Waals surface area contributed by atoms with E-state index in [4.69, 9.17) is 24.7 Å². The first-order chi connectivity index (χ1) is 14.0. The molecule has 2 N–H and O–H groups in total. The van der Waals surface area contributed by atoms with Gasteiger partial charge in [-0.1, -0.05) is 6.07 Å². The third-order valence-corrected chi connectivity index (χ3v) is 4.69. The van der Waals surface area contributed by atoms with Crippen LogP contribution in [-0.2, 0) is 9.53 Å². The third-order valence-electron chi connectivity index (χ3n) is 4.69. The largest absolute Gasteiger partial charge is 0.497 e. The van der Waals surface area contributed by atoms with E-state index in [2.05, 4.69) is 0 Å². The van der Waals surface area contributed by atoms with Gasteiger partial charge < -0.3 is 24.7 Å². The van der Waals surface area contributed by atoms with Crippen LogP contribution in [0.25, 0.3) is 0 Å². The van der Waals surface area contributed by atoms with E-state index in [0.29, 0.717) is 28.4 Å². The van der Waals surface area contributed by atoms with Crippen molar-refractivity contribution in [3.05, 3.63) is 53.6 Å². The minimum atomic E-state index is -1.12. The molecule has 156 valence electrons. The lowest BCUT2D eigenvalue weighted by molar-refractivity contribution is -0.146. The highest BCUT2D eigenvalue weighted by Crippen LogP contribution is 2.36. The number of carbonyl (C=O) groups is 2. The van der Waals surface area contributed by atoms with Gasteiger partial charge in [0, 0.05) is 29.7 Å². The van der Waals surface area contributed by atoms with Crippen LogP contribution in [0.3, 0.4) is 0 Å². The maximum Gasteiger partial charge on any atom is 0.317 e. The number of esters is 1. The van der Waals surface area contributed by atoms with E-state index in [0.717, 1.165) is 0 Å². The summed E-state index contributed by atoms with van der Waals surface area (Å²) in [7, 11) is 4.60. The van der Waals surface area contributed by atoms with Gasteiger partial charge in [-0.3, -0.25) is 9.59 Å². The molecule has 0 heterocycles. The maximum absolute atomic E-state index is 13.3. The molecular weight excluding hydrogens is 374 g/mol. The molecule has 0 saturated carbocycles. The molecule has 7 nitrogen and oxygen atoms in total. The zero-order valence-corrected chi connectivity index (χ0v) is 17.1. The van der Waals surface area contributed by atoms with Crippen molar-refractivity contribution in [2.45, 2.75) is 12.8 Å². The van der Waals surface area contributed by atoms with Gasteiger partial charge in [-0.15, -0.1) is 0 Å². The fourth-order valence-corrected chi connectivity index (χ4v) is 3.19. The summed E-state index contributed by atoms with van der Waals surface area (Å²) in [4.78, 5) is 26.1. The first kappa shape index (κ1) is 22.2. The molecule has 0 aliphatic heterocycles. The van der Waals surface area contributed by atoms with E-state index in [1.165, 1.54) is 7.11 Å². The lowest BCUT2D eigenvalue weighted by Gasteiger charge is -2.25. The van der Waals surface area contributed by atoms with Crippen LogP contribution in [0.2, 0.25) is 0 Å². The number of hydrogen-bond donors (Lipinski definition) is 1. The Morgan fingerprint density at radius 2 is 1.55 bits per heavy atom. The number of hydrogen-bond acceptors (Lipinski definition) is 7. The molecule has 0 aromatic heterocycles. The van der Waals surface area contributed by atoms with Crippen LogP contribution in [-0.4, -0.2) is 46.2 Å². The molecule has 2 rings (SSSR count). The van der Waals surface area contributed by atoms with Crippen molar-refractivity contribution in [2.24, 2.45) is 11.7 Å². The number of ether oxygens (including phenoxy) is 4. The Morgan fingerprint density at radius 3 is 2.07 bits per heavy atom. The Bertz CT molecular complexity index is 834. The van der Waals surface area contributed by atoms with E-state index < -0.39 is 17.8 Å². The Hall–Kier alpha value is -3.06. The molecule has 0 aliphatic carbocycles. The monoisotopic (exact) mass is 401 g/mol. The van der Waals surface area contributed by atoms with Gasteiger partial charge in [0.25, 0.3) is 0 Å². The first-order valence-electron chi connectivity index (χ1n) is 9.27. The van der Waals surface area contributed by atoms with Gasteiger partial charge >= 0.3 is 5.97 Å². The summed E-state index contributed by atoms with van der Waals surface area (Å²) < 4.78 is 21.0. The van der Waals surface area contributed by atoms with Crippen molar-refractivity contribution >= 4 is 11.8 Å². The van der Waals surface area contributed by atoms with E-state index in [1.54, 1.807) is 63.6 Å².